The van der Waals surface area contributed by atoms with Gasteiger partial charge in [0.05, 0.1) is 10.6 Å². The van der Waals surface area contributed by atoms with Gasteiger partial charge in [-0.25, -0.2) is 13.4 Å². The molecule has 0 radical (unpaired) electrons. The van der Waals surface area contributed by atoms with Crippen LogP contribution in [0.25, 0.3) is 0 Å². The van der Waals surface area contributed by atoms with Gasteiger partial charge in [-0.15, -0.1) is 12.4 Å². The maximum atomic E-state index is 13.9. The first-order valence-electron chi connectivity index (χ1n) is 10.6. The maximum Gasteiger partial charge on any atom is 0.322 e. The number of carboxylic acid groups (broad SMARTS) is 1. The molecule has 0 aliphatic rings. The molecule has 0 saturated heterocycles. The van der Waals surface area contributed by atoms with Crippen LogP contribution in [0.1, 0.15) is 37.6 Å². The molecule has 188 valence electrons. The number of anilines is 1. The third-order valence-corrected chi connectivity index (χ3v) is 7.95. The molecular weight excluding hydrogens is 509 g/mol. The van der Waals surface area contributed by atoms with Gasteiger partial charge in [0.15, 0.2) is 4.87 Å². The Bertz CT molecular complexity index is 1280. The minimum atomic E-state index is -4.14. The van der Waals surface area contributed by atoms with Crippen molar-refractivity contribution in [3.8, 4) is 0 Å². The highest BCUT2D eigenvalue weighted by Gasteiger charge is 2.44. The molecule has 0 amide bonds. The zero-order chi connectivity index (χ0) is 25.1. The van der Waals surface area contributed by atoms with Crippen LogP contribution in [0.2, 0.25) is 5.02 Å². The second kappa shape index (κ2) is 11.0. The summed E-state index contributed by atoms with van der Waals surface area (Å²) in [7, 11) is -4.14. The van der Waals surface area contributed by atoms with E-state index in [9.17, 15) is 13.2 Å². The van der Waals surface area contributed by atoms with Gasteiger partial charge in [-0.05, 0) is 52.9 Å². The summed E-state index contributed by atoms with van der Waals surface area (Å²) in [4.78, 5) is 13.4. The molecule has 0 aliphatic heterocycles. The van der Waals surface area contributed by atoms with Crippen molar-refractivity contribution in [1.82, 2.24) is 4.98 Å². The van der Waals surface area contributed by atoms with Gasteiger partial charge in [0, 0.05) is 11.4 Å². The Labute approximate surface area is 217 Å². The van der Waals surface area contributed by atoms with Gasteiger partial charge in [0.1, 0.15) is 12.4 Å². The number of sulfone groups is 1. The Balaban J connectivity index is 0.00000432. The number of pyridine rings is 1. The largest absolute Gasteiger partial charge is 0.480 e. The van der Waals surface area contributed by atoms with Crippen LogP contribution in [0.3, 0.4) is 0 Å². The fraction of sp³-hybridized carbons (Fsp3) is 0.280. The number of hydrogen-bond donors (Lipinski definition) is 3. The molecular formula is C25H29Cl2N3O4S. The topological polar surface area (TPSA) is 122 Å². The van der Waals surface area contributed by atoms with Crippen molar-refractivity contribution < 1.29 is 18.3 Å². The first-order valence-corrected chi connectivity index (χ1v) is 12.5. The number of halogens is 2. The lowest BCUT2D eigenvalue weighted by Gasteiger charge is -2.30. The fourth-order valence-corrected chi connectivity index (χ4v) is 5.29. The molecule has 0 spiro atoms. The van der Waals surface area contributed by atoms with E-state index in [0.29, 0.717) is 5.02 Å². The molecule has 4 N–H and O–H groups in total. The predicted molar refractivity (Wildman–Crippen MR) is 141 cm³/mol. The summed E-state index contributed by atoms with van der Waals surface area (Å²) in [6, 6.07) is 18.1. The number of nitrogens with one attached hydrogen (secondary N) is 1. The van der Waals surface area contributed by atoms with Crippen molar-refractivity contribution in [3.63, 3.8) is 0 Å². The standard InChI is InChI=1S/C25H28ClN3O4S.ClH/c1-24(2,3)18-9-7-17(8-10-18)15-25(27,34(32,33)20-13-11-19(26)12-14-20)21-5-4-6-22(29-21)28-16-23(30)31;/h4-14H,15-16,27H2,1-3H3,(H,28,29)(H,30,31);1H. The Kier molecular flexibility index (Phi) is 8.94. The highest BCUT2D eigenvalue weighted by Crippen LogP contribution is 2.35. The average molecular weight is 538 g/mol. The molecule has 1 atom stereocenters. The summed E-state index contributed by atoms with van der Waals surface area (Å²) in [6.07, 6.45) is -0.0439. The molecule has 0 bridgehead atoms. The van der Waals surface area contributed by atoms with E-state index >= 15 is 0 Å². The van der Waals surface area contributed by atoms with E-state index in [1.807, 2.05) is 24.3 Å². The van der Waals surface area contributed by atoms with Crippen molar-refractivity contribution in [2.75, 3.05) is 11.9 Å². The SMILES string of the molecule is CC(C)(C)c1ccc(CC(N)(c2cccc(NCC(=O)O)n2)S(=O)(=O)c2ccc(Cl)cc2)cc1.Cl. The first-order chi connectivity index (χ1) is 15.8. The summed E-state index contributed by atoms with van der Waals surface area (Å²) in [5.74, 6) is -0.858. The van der Waals surface area contributed by atoms with E-state index < -0.39 is 20.7 Å². The Morgan fingerprint density at radius 3 is 2.17 bits per heavy atom. The number of nitrogens with two attached hydrogens (primary N) is 1. The minimum Gasteiger partial charge on any atom is -0.480 e. The third kappa shape index (κ3) is 6.52. The molecule has 2 aromatic carbocycles. The summed E-state index contributed by atoms with van der Waals surface area (Å²) in [5, 5.41) is 12.0. The molecule has 0 aliphatic carbocycles. The van der Waals surface area contributed by atoms with E-state index in [-0.39, 0.29) is 47.2 Å². The smallest absolute Gasteiger partial charge is 0.322 e. The lowest BCUT2D eigenvalue weighted by atomic mass is 9.86. The number of carboxylic acids is 1. The Morgan fingerprint density at radius 1 is 1.03 bits per heavy atom. The summed E-state index contributed by atoms with van der Waals surface area (Å²) in [5.41, 5.74) is 8.59. The lowest BCUT2D eigenvalue weighted by molar-refractivity contribution is -0.134. The highest BCUT2D eigenvalue weighted by atomic mass is 35.5. The van der Waals surface area contributed by atoms with Gasteiger partial charge in [-0.1, -0.05) is 62.7 Å². The predicted octanol–water partition coefficient (Wildman–Crippen LogP) is 4.78. The third-order valence-electron chi connectivity index (χ3n) is 5.49. The molecule has 3 aromatic rings. The summed E-state index contributed by atoms with van der Waals surface area (Å²) in [6.45, 7) is 5.92. The van der Waals surface area contributed by atoms with E-state index in [1.165, 1.54) is 30.3 Å². The van der Waals surface area contributed by atoms with Crippen LogP contribution < -0.4 is 11.1 Å². The van der Waals surface area contributed by atoms with Gasteiger partial charge in [-0.3, -0.25) is 4.79 Å². The van der Waals surface area contributed by atoms with Gasteiger partial charge in [-0.2, -0.15) is 0 Å². The number of benzene rings is 2. The molecule has 3 rings (SSSR count). The molecule has 0 saturated carbocycles. The molecule has 1 unspecified atom stereocenters. The molecule has 7 nitrogen and oxygen atoms in total. The molecule has 1 heterocycles. The van der Waals surface area contributed by atoms with Crippen molar-refractivity contribution in [2.24, 2.45) is 5.73 Å². The van der Waals surface area contributed by atoms with Crippen LogP contribution in [-0.4, -0.2) is 31.0 Å². The van der Waals surface area contributed by atoms with E-state index in [0.717, 1.165) is 11.1 Å². The van der Waals surface area contributed by atoms with Crippen LogP contribution in [0.5, 0.6) is 0 Å². The van der Waals surface area contributed by atoms with Crippen molar-refractivity contribution >= 4 is 45.6 Å². The molecule has 35 heavy (non-hydrogen) atoms. The van der Waals surface area contributed by atoms with Gasteiger partial charge in [0.2, 0.25) is 9.84 Å². The Hall–Kier alpha value is -2.65. The number of carbonyl (C=O) groups is 1. The van der Waals surface area contributed by atoms with Crippen LogP contribution in [-0.2, 0) is 31.3 Å². The number of nitrogens with zero attached hydrogens (tertiary/aromatic N) is 1. The number of aliphatic carboxylic acids is 1. The van der Waals surface area contributed by atoms with E-state index in [2.05, 4.69) is 31.1 Å². The van der Waals surface area contributed by atoms with E-state index in [4.69, 9.17) is 22.4 Å². The fourth-order valence-electron chi connectivity index (χ4n) is 3.51. The zero-order valence-electron chi connectivity index (χ0n) is 19.7. The number of hydrogen-bond acceptors (Lipinski definition) is 6. The van der Waals surface area contributed by atoms with Crippen molar-refractivity contribution in [1.29, 1.82) is 0 Å². The monoisotopic (exact) mass is 537 g/mol. The van der Waals surface area contributed by atoms with Crippen LogP contribution in [0.15, 0.2) is 71.6 Å². The lowest BCUT2D eigenvalue weighted by Crippen LogP contribution is -2.47. The van der Waals surface area contributed by atoms with Crippen molar-refractivity contribution in [3.05, 3.63) is 88.6 Å². The van der Waals surface area contributed by atoms with E-state index in [1.54, 1.807) is 12.1 Å². The van der Waals surface area contributed by atoms with Crippen molar-refractivity contribution in [2.45, 2.75) is 42.4 Å². The normalized spacial score (nSPS) is 13.4. The van der Waals surface area contributed by atoms with Gasteiger partial charge in [0.25, 0.3) is 0 Å². The average Bonchev–Trinajstić information content (AvgIpc) is 2.78. The number of aromatic nitrogens is 1. The van der Waals surface area contributed by atoms with Crippen LogP contribution >= 0.6 is 24.0 Å². The van der Waals surface area contributed by atoms with Crippen LogP contribution in [0, 0.1) is 0 Å². The quantitative estimate of drug-likeness (QED) is 0.377. The van der Waals surface area contributed by atoms with Gasteiger partial charge < -0.3 is 16.2 Å². The second-order valence-electron chi connectivity index (χ2n) is 9.13. The first kappa shape index (κ1) is 28.6. The summed E-state index contributed by atoms with van der Waals surface area (Å²) >= 11 is 5.96. The zero-order valence-corrected chi connectivity index (χ0v) is 22.0. The maximum absolute atomic E-state index is 13.9. The second-order valence-corrected chi connectivity index (χ2v) is 11.8. The van der Waals surface area contributed by atoms with Gasteiger partial charge >= 0.3 is 5.97 Å². The summed E-state index contributed by atoms with van der Waals surface area (Å²) < 4.78 is 27.7. The molecule has 1 aromatic heterocycles. The van der Waals surface area contributed by atoms with Crippen LogP contribution in [0.4, 0.5) is 5.82 Å². The Morgan fingerprint density at radius 2 is 1.63 bits per heavy atom. The molecule has 10 heteroatoms. The molecule has 0 fully saturated rings. The minimum absolute atomic E-state index is 0. The highest BCUT2D eigenvalue weighted by molar-refractivity contribution is 7.92. The number of rotatable bonds is 8.